The number of aryl methyl sites for hydroxylation is 1. The molecule has 0 spiro atoms. The smallest absolute Gasteiger partial charge is 0.261 e. The number of carbonyl (C=O) groups excluding carboxylic acids is 1. The summed E-state index contributed by atoms with van der Waals surface area (Å²) in [5.41, 5.74) is 1.08. The third-order valence-corrected chi connectivity index (χ3v) is 4.53. The number of hydrogen-bond donors (Lipinski definition) is 1. The maximum atomic E-state index is 12.1. The van der Waals surface area contributed by atoms with Gasteiger partial charge in [0.15, 0.2) is 0 Å². The molecule has 0 atom stereocenters. The highest BCUT2D eigenvalue weighted by Crippen LogP contribution is 2.22. The number of amides is 1. The van der Waals surface area contributed by atoms with E-state index in [2.05, 4.69) is 17.4 Å². The van der Waals surface area contributed by atoms with Gasteiger partial charge in [0.05, 0.1) is 12.0 Å². The van der Waals surface area contributed by atoms with Crippen molar-refractivity contribution in [2.45, 2.75) is 13.5 Å². The minimum Gasteiger partial charge on any atom is -0.497 e. The Morgan fingerprint density at radius 3 is 2.59 bits per heavy atom. The molecule has 3 rings (SSSR count). The zero-order valence-electron chi connectivity index (χ0n) is 12.6. The molecule has 3 nitrogen and oxygen atoms in total. The molecule has 2 aromatic carbocycles. The van der Waals surface area contributed by atoms with E-state index in [1.807, 2.05) is 43.3 Å². The Morgan fingerprint density at radius 2 is 1.86 bits per heavy atom. The van der Waals surface area contributed by atoms with Gasteiger partial charge in [0.2, 0.25) is 0 Å². The molecule has 0 aliphatic heterocycles. The Bertz CT molecular complexity index is 823. The number of hydrogen-bond acceptors (Lipinski definition) is 3. The maximum Gasteiger partial charge on any atom is 0.261 e. The fourth-order valence-electron chi connectivity index (χ4n) is 2.34. The highest BCUT2D eigenvalue weighted by Gasteiger charge is 2.07. The van der Waals surface area contributed by atoms with E-state index in [0.717, 1.165) is 31.8 Å². The van der Waals surface area contributed by atoms with Crippen LogP contribution < -0.4 is 10.1 Å². The first-order valence-corrected chi connectivity index (χ1v) is 7.89. The fraction of sp³-hybridized carbons (Fsp3) is 0.167. The van der Waals surface area contributed by atoms with Crippen LogP contribution in [0.2, 0.25) is 0 Å². The van der Waals surface area contributed by atoms with Gasteiger partial charge in [-0.2, -0.15) is 0 Å². The number of nitrogens with one attached hydrogen (secondary N) is 1. The predicted octanol–water partition coefficient (Wildman–Crippen LogP) is 4.15. The Hall–Kier alpha value is -2.33. The van der Waals surface area contributed by atoms with Crippen molar-refractivity contribution in [2.24, 2.45) is 0 Å². The first kappa shape index (κ1) is 14.6. The molecule has 0 aliphatic rings. The van der Waals surface area contributed by atoms with Crippen molar-refractivity contribution in [1.82, 2.24) is 5.32 Å². The van der Waals surface area contributed by atoms with Crippen molar-refractivity contribution >= 4 is 28.0 Å². The molecule has 3 aromatic rings. The summed E-state index contributed by atoms with van der Waals surface area (Å²) in [5, 5.41) is 5.23. The number of thiophene rings is 1. The summed E-state index contributed by atoms with van der Waals surface area (Å²) in [6.45, 7) is 2.52. The van der Waals surface area contributed by atoms with Gasteiger partial charge in [0.1, 0.15) is 5.75 Å². The molecule has 4 heteroatoms. The average molecular weight is 311 g/mol. The van der Waals surface area contributed by atoms with Crippen LogP contribution in [0.5, 0.6) is 5.75 Å². The quantitative estimate of drug-likeness (QED) is 0.786. The summed E-state index contributed by atoms with van der Waals surface area (Å²) in [6.07, 6.45) is 0. The summed E-state index contributed by atoms with van der Waals surface area (Å²) in [5.74, 6) is 0.828. The van der Waals surface area contributed by atoms with E-state index in [4.69, 9.17) is 4.74 Å². The van der Waals surface area contributed by atoms with Gasteiger partial charge in [-0.15, -0.1) is 11.3 Å². The van der Waals surface area contributed by atoms with Crippen LogP contribution in [0, 0.1) is 6.92 Å². The van der Waals surface area contributed by atoms with Crippen LogP contribution >= 0.6 is 11.3 Å². The molecule has 0 radical (unpaired) electrons. The average Bonchev–Trinajstić information content (AvgIpc) is 2.98. The topological polar surface area (TPSA) is 38.3 Å². The Morgan fingerprint density at radius 1 is 1.09 bits per heavy atom. The van der Waals surface area contributed by atoms with E-state index < -0.39 is 0 Å². The van der Waals surface area contributed by atoms with Crippen LogP contribution in [-0.4, -0.2) is 13.0 Å². The van der Waals surface area contributed by atoms with E-state index in [-0.39, 0.29) is 5.91 Å². The van der Waals surface area contributed by atoms with Crippen molar-refractivity contribution in [3.63, 3.8) is 0 Å². The molecule has 0 unspecified atom stereocenters. The van der Waals surface area contributed by atoms with Crippen LogP contribution in [0.25, 0.3) is 10.8 Å². The number of methoxy groups -OCH3 is 1. The van der Waals surface area contributed by atoms with Gasteiger partial charge in [-0.25, -0.2) is 0 Å². The lowest BCUT2D eigenvalue weighted by atomic mass is 10.1. The maximum absolute atomic E-state index is 12.1. The molecule has 1 amide bonds. The van der Waals surface area contributed by atoms with Crippen LogP contribution in [0.1, 0.15) is 20.1 Å². The summed E-state index contributed by atoms with van der Waals surface area (Å²) in [6, 6.07) is 16.0. The number of ether oxygens (including phenoxy) is 1. The van der Waals surface area contributed by atoms with Gasteiger partial charge in [0.25, 0.3) is 5.91 Å². The lowest BCUT2D eigenvalue weighted by Crippen LogP contribution is -2.21. The number of benzene rings is 2. The molecular weight excluding hydrogens is 294 g/mol. The van der Waals surface area contributed by atoms with Crippen molar-refractivity contribution in [2.75, 3.05) is 7.11 Å². The number of fused-ring (bicyclic) bond motifs is 1. The van der Waals surface area contributed by atoms with Crippen molar-refractivity contribution < 1.29 is 9.53 Å². The number of carbonyl (C=O) groups is 1. The molecule has 0 aliphatic carbocycles. The van der Waals surface area contributed by atoms with E-state index in [1.165, 1.54) is 11.3 Å². The van der Waals surface area contributed by atoms with Crippen molar-refractivity contribution in [3.05, 3.63) is 63.8 Å². The highest BCUT2D eigenvalue weighted by atomic mass is 32.1. The monoisotopic (exact) mass is 311 g/mol. The summed E-state index contributed by atoms with van der Waals surface area (Å²) >= 11 is 1.51. The summed E-state index contributed by atoms with van der Waals surface area (Å²) < 4.78 is 5.23. The fourth-order valence-corrected chi connectivity index (χ4v) is 3.12. The zero-order chi connectivity index (χ0) is 15.5. The predicted molar refractivity (Wildman–Crippen MR) is 90.7 cm³/mol. The molecule has 1 N–H and O–H groups in total. The minimum absolute atomic E-state index is 0.0204. The lowest BCUT2D eigenvalue weighted by Gasteiger charge is -2.07. The first-order chi connectivity index (χ1) is 10.7. The molecule has 22 heavy (non-hydrogen) atoms. The summed E-state index contributed by atoms with van der Waals surface area (Å²) in [7, 11) is 1.66. The van der Waals surface area contributed by atoms with Gasteiger partial charge >= 0.3 is 0 Å². The Balaban J connectivity index is 1.72. The Kier molecular flexibility index (Phi) is 4.11. The van der Waals surface area contributed by atoms with Crippen LogP contribution in [0.3, 0.4) is 0 Å². The molecule has 1 heterocycles. The second-order valence-electron chi connectivity index (χ2n) is 5.14. The van der Waals surface area contributed by atoms with Crippen LogP contribution in [0.4, 0.5) is 0 Å². The van der Waals surface area contributed by atoms with Gasteiger partial charge in [-0.1, -0.05) is 18.2 Å². The molecule has 0 saturated heterocycles. The molecule has 0 saturated carbocycles. The lowest BCUT2D eigenvalue weighted by molar-refractivity contribution is 0.0955. The molecule has 112 valence electrons. The molecule has 1 aromatic heterocycles. The second kappa shape index (κ2) is 6.20. The van der Waals surface area contributed by atoms with E-state index in [9.17, 15) is 4.79 Å². The van der Waals surface area contributed by atoms with Gasteiger partial charge in [-0.05, 0) is 53.6 Å². The third-order valence-electron chi connectivity index (χ3n) is 3.53. The minimum atomic E-state index is -0.0204. The molecule has 0 fully saturated rings. The zero-order valence-corrected chi connectivity index (χ0v) is 13.4. The SMILES string of the molecule is COc1ccc2cc(CNC(=O)c3ccc(C)s3)ccc2c1. The van der Waals surface area contributed by atoms with Gasteiger partial charge in [0, 0.05) is 11.4 Å². The molecular formula is C18H17NO2S. The van der Waals surface area contributed by atoms with Gasteiger partial charge < -0.3 is 10.1 Å². The van der Waals surface area contributed by atoms with E-state index in [1.54, 1.807) is 7.11 Å². The normalized spacial score (nSPS) is 10.6. The second-order valence-corrected chi connectivity index (χ2v) is 6.43. The van der Waals surface area contributed by atoms with E-state index >= 15 is 0 Å². The third kappa shape index (κ3) is 3.12. The van der Waals surface area contributed by atoms with Crippen molar-refractivity contribution in [3.8, 4) is 5.75 Å². The van der Waals surface area contributed by atoms with Crippen LogP contribution in [0.15, 0.2) is 48.5 Å². The number of rotatable bonds is 4. The summed E-state index contributed by atoms with van der Waals surface area (Å²) in [4.78, 5) is 14.0. The molecule has 0 bridgehead atoms. The standard InChI is InChI=1S/C18H17NO2S/c1-12-3-8-17(22-12)18(20)19-11-13-4-5-15-10-16(21-2)7-6-14(15)9-13/h3-10H,11H2,1-2H3,(H,19,20). The van der Waals surface area contributed by atoms with Gasteiger partial charge in [-0.3, -0.25) is 4.79 Å². The largest absolute Gasteiger partial charge is 0.497 e. The Labute approximate surface area is 133 Å². The van der Waals surface area contributed by atoms with Crippen LogP contribution in [-0.2, 0) is 6.54 Å². The van der Waals surface area contributed by atoms with E-state index in [0.29, 0.717) is 6.54 Å². The first-order valence-electron chi connectivity index (χ1n) is 7.07. The van der Waals surface area contributed by atoms with Crippen molar-refractivity contribution in [1.29, 1.82) is 0 Å². The highest BCUT2D eigenvalue weighted by molar-refractivity contribution is 7.13.